The highest BCUT2D eigenvalue weighted by Crippen LogP contribution is 2.17. The summed E-state index contributed by atoms with van der Waals surface area (Å²) in [5.41, 5.74) is 0. The fraction of sp³-hybridized carbons (Fsp3) is 0.909. The Bertz CT molecular complexity index is 204. The Hall–Kier alpha value is -0.260. The first-order chi connectivity index (χ1) is 7.84. The number of rotatable bonds is 3. The van der Waals surface area contributed by atoms with Gasteiger partial charge in [0.05, 0.1) is 13.2 Å². The lowest BCUT2D eigenvalue weighted by molar-refractivity contribution is -0.123. The van der Waals surface area contributed by atoms with Gasteiger partial charge in [0.25, 0.3) is 0 Å². The molecule has 0 spiro atoms. The van der Waals surface area contributed by atoms with E-state index in [1.807, 2.05) is 11.8 Å². The monoisotopic (exact) mass is 244 g/mol. The van der Waals surface area contributed by atoms with Crippen molar-refractivity contribution in [1.29, 1.82) is 0 Å². The van der Waals surface area contributed by atoms with E-state index in [2.05, 4.69) is 10.6 Å². The Balaban J connectivity index is 1.66. The summed E-state index contributed by atoms with van der Waals surface area (Å²) in [5.74, 6) is 2.52. The zero-order valence-corrected chi connectivity index (χ0v) is 10.4. The number of hydrogen-bond acceptors (Lipinski definition) is 4. The molecule has 0 aromatic carbocycles. The molecule has 2 aliphatic rings. The fourth-order valence-corrected chi connectivity index (χ4v) is 3.21. The van der Waals surface area contributed by atoms with Crippen LogP contribution in [0.1, 0.15) is 19.3 Å². The predicted molar refractivity (Wildman–Crippen MR) is 65.7 cm³/mol. The summed E-state index contributed by atoms with van der Waals surface area (Å²) in [6, 6.07) is 0.602. The van der Waals surface area contributed by atoms with Crippen LogP contribution in [0, 0.1) is 0 Å². The van der Waals surface area contributed by atoms with Gasteiger partial charge >= 0.3 is 0 Å². The standard InChI is InChI=1S/C11H20N2O2S/c14-11(7-10-8-15-4-3-12-10)13-9-1-5-16-6-2-9/h9-10,12H,1-8H2,(H,13,14). The van der Waals surface area contributed by atoms with Gasteiger partial charge in [0.1, 0.15) is 0 Å². The van der Waals surface area contributed by atoms with Gasteiger partial charge in [-0.3, -0.25) is 4.79 Å². The molecule has 2 rings (SSSR count). The molecular weight excluding hydrogens is 224 g/mol. The van der Waals surface area contributed by atoms with Gasteiger partial charge in [-0.15, -0.1) is 0 Å². The van der Waals surface area contributed by atoms with Crippen molar-refractivity contribution in [2.45, 2.75) is 31.3 Å². The van der Waals surface area contributed by atoms with Crippen LogP contribution in [0.4, 0.5) is 0 Å². The molecule has 16 heavy (non-hydrogen) atoms. The van der Waals surface area contributed by atoms with E-state index in [9.17, 15) is 4.79 Å². The first kappa shape index (κ1) is 12.2. The maximum Gasteiger partial charge on any atom is 0.221 e. The number of carbonyl (C=O) groups is 1. The van der Waals surface area contributed by atoms with E-state index in [0.29, 0.717) is 19.1 Å². The van der Waals surface area contributed by atoms with Gasteiger partial charge in [-0.2, -0.15) is 11.8 Å². The molecule has 1 amide bonds. The van der Waals surface area contributed by atoms with Gasteiger partial charge in [-0.1, -0.05) is 0 Å². The SMILES string of the molecule is O=C(CC1COCCN1)NC1CCSCC1. The van der Waals surface area contributed by atoms with Crippen molar-refractivity contribution >= 4 is 17.7 Å². The Morgan fingerprint density at radius 1 is 1.44 bits per heavy atom. The number of hydrogen-bond donors (Lipinski definition) is 2. The molecule has 0 aliphatic carbocycles. The van der Waals surface area contributed by atoms with Gasteiger partial charge in [0.15, 0.2) is 0 Å². The Morgan fingerprint density at radius 2 is 2.25 bits per heavy atom. The summed E-state index contributed by atoms with van der Waals surface area (Å²) >= 11 is 1.98. The quantitative estimate of drug-likeness (QED) is 0.753. The Kier molecular flexibility index (Phi) is 4.93. The summed E-state index contributed by atoms with van der Waals surface area (Å²) in [7, 11) is 0. The number of morpholine rings is 1. The summed E-state index contributed by atoms with van der Waals surface area (Å²) < 4.78 is 5.33. The Morgan fingerprint density at radius 3 is 2.94 bits per heavy atom. The number of nitrogens with one attached hydrogen (secondary N) is 2. The van der Waals surface area contributed by atoms with Crippen molar-refractivity contribution in [2.75, 3.05) is 31.3 Å². The topological polar surface area (TPSA) is 50.4 Å². The fourth-order valence-electron chi connectivity index (χ4n) is 2.10. The smallest absolute Gasteiger partial charge is 0.221 e. The molecule has 2 N–H and O–H groups in total. The minimum absolute atomic E-state index is 0.167. The molecule has 2 fully saturated rings. The Labute approximate surface area is 101 Å². The van der Waals surface area contributed by atoms with Crippen molar-refractivity contribution in [2.24, 2.45) is 0 Å². The van der Waals surface area contributed by atoms with Gasteiger partial charge in [0.2, 0.25) is 5.91 Å². The lowest BCUT2D eigenvalue weighted by atomic mass is 10.1. The van der Waals surface area contributed by atoms with Crippen molar-refractivity contribution in [3.05, 3.63) is 0 Å². The predicted octanol–water partition coefficient (Wildman–Crippen LogP) is 0.377. The maximum atomic E-state index is 11.8. The number of ether oxygens (including phenoxy) is 1. The molecule has 2 saturated heterocycles. The van der Waals surface area contributed by atoms with Gasteiger partial charge in [-0.05, 0) is 24.3 Å². The maximum absolute atomic E-state index is 11.8. The first-order valence-electron chi connectivity index (χ1n) is 6.03. The second kappa shape index (κ2) is 6.47. The minimum Gasteiger partial charge on any atom is -0.378 e. The van der Waals surface area contributed by atoms with E-state index in [-0.39, 0.29) is 11.9 Å². The number of amides is 1. The normalized spacial score (nSPS) is 27.6. The molecular formula is C11H20N2O2S. The van der Waals surface area contributed by atoms with Gasteiger partial charge in [0, 0.05) is 25.0 Å². The lowest BCUT2D eigenvalue weighted by Crippen LogP contribution is -2.46. The highest BCUT2D eigenvalue weighted by Gasteiger charge is 2.20. The van der Waals surface area contributed by atoms with Crippen LogP contribution in [0.25, 0.3) is 0 Å². The minimum atomic E-state index is 0.167. The van der Waals surface area contributed by atoms with Gasteiger partial charge in [-0.25, -0.2) is 0 Å². The first-order valence-corrected chi connectivity index (χ1v) is 7.18. The molecule has 0 radical (unpaired) electrons. The number of thioether (sulfide) groups is 1. The van der Waals surface area contributed by atoms with E-state index in [1.165, 1.54) is 11.5 Å². The summed E-state index contributed by atoms with van der Waals surface area (Å²) in [6.45, 7) is 2.28. The second-order valence-electron chi connectivity index (χ2n) is 4.38. The molecule has 0 aromatic heterocycles. The zero-order chi connectivity index (χ0) is 11.2. The largest absolute Gasteiger partial charge is 0.378 e. The third-order valence-corrected chi connectivity index (χ3v) is 4.07. The molecule has 5 heteroatoms. The van der Waals surface area contributed by atoms with E-state index in [0.717, 1.165) is 26.0 Å². The highest BCUT2D eigenvalue weighted by atomic mass is 32.2. The van der Waals surface area contributed by atoms with E-state index in [4.69, 9.17) is 4.74 Å². The molecule has 2 aliphatic heterocycles. The number of carbonyl (C=O) groups excluding carboxylic acids is 1. The van der Waals surface area contributed by atoms with Crippen LogP contribution >= 0.6 is 11.8 Å². The van der Waals surface area contributed by atoms with Crippen LogP contribution < -0.4 is 10.6 Å². The third kappa shape index (κ3) is 3.96. The molecule has 92 valence electrons. The van der Waals surface area contributed by atoms with Crippen LogP contribution in [0.15, 0.2) is 0 Å². The van der Waals surface area contributed by atoms with Crippen LogP contribution in [-0.2, 0) is 9.53 Å². The van der Waals surface area contributed by atoms with E-state index < -0.39 is 0 Å². The molecule has 4 nitrogen and oxygen atoms in total. The highest BCUT2D eigenvalue weighted by molar-refractivity contribution is 7.99. The van der Waals surface area contributed by atoms with Crippen molar-refractivity contribution in [3.63, 3.8) is 0 Å². The molecule has 0 aromatic rings. The molecule has 0 bridgehead atoms. The lowest BCUT2D eigenvalue weighted by Gasteiger charge is -2.26. The summed E-state index contributed by atoms with van der Waals surface area (Å²) in [5, 5.41) is 6.42. The average Bonchev–Trinajstić information content (AvgIpc) is 2.31. The van der Waals surface area contributed by atoms with Crippen LogP contribution in [0.3, 0.4) is 0 Å². The van der Waals surface area contributed by atoms with Gasteiger partial charge < -0.3 is 15.4 Å². The van der Waals surface area contributed by atoms with Crippen molar-refractivity contribution in [1.82, 2.24) is 10.6 Å². The van der Waals surface area contributed by atoms with Crippen LogP contribution in [-0.4, -0.2) is 49.3 Å². The zero-order valence-electron chi connectivity index (χ0n) is 9.54. The molecule has 1 unspecified atom stereocenters. The van der Waals surface area contributed by atoms with E-state index >= 15 is 0 Å². The van der Waals surface area contributed by atoms with Crippen molar-refractivity contribution < 1.29 is 9.53 Å². The van der Waals surface area contributed by atoms with Crippen LogP contribution in [0.2, 0.25) is 0 Å². The van der Waals surface area contributed by atoms with E-state index in [1.54, 1.807) is 0 Å². The molecule has 1 atom stereocenters. The van der Waals surface area contributed by atoms with Crippen LogP contribution in [0.5, 0.6) is 0 Å². The second-order valence-corrected chi connectivity index (χ2v) is 5.61. The average molecular weight is 244 g/mol. The summed E-state index contributed by atoms with van der Waals surface area (Å²) in [6.07, 6.45) is 2.78. The summed E-state index contributed by atoms with van der Waals surface area (Å²) in [4.78, 5) is 11.8. The molecule has 2 heterocycles. The third-order valence-electron chi connectivity index (χ3n) is 3.02. The molecule has 0 saturated carbocycles. The van der Waals surface area contributed by atoms with Crippen molar-refractivity contribution in [3.8, 4) is 0 Å².